The zero-order valence-electron chi connectivity index (χ0n) is 15.8. The number of carbonyl (C=O) groups excluding carboxylic acids is 2. The molecule has 0 radical (unpaired) electrons. The van der Waals surface area contributed by atoms with Crippen molar-refractivity contribution in [3.63, 3.8) is 0 Å². The lowest BCUT2D eigenvalue weighted by Gasteiger charge is -2.29. The number of aliphatic carboxylic acids is 1. The van der Waals surface area contributed by atoms with Gasteiger partial charge < -0.3 is 16.2 Å². The Kier molecular flexibility index (Phi) is 7.26. The second-order valence-electron chi connectivity index (χ2n) is 7.01. The van der Waals surface area contributed by atoms with Gasteiger partial charge in [-0.15, -0.1) is 0 Å². The van der Waals surface area contributed by atoms with Crippen molar-refractivity contribution in [2.75, 3.05) is 16.9 Å². The molecule has 1 aliphatic rings. The van der Waals surface area contributed by atoms with E-state index in [1.807, 2.05) is 32.2 Å². The molecular formula is C19H27N3O4S. The molecule has 0 bridgehead atoms. The summed E-state index contributed by atoms with van der Waals surface area (Å²) in [7, 11) is 0. The lowest BCUT2D eigenvalue weighted by Crippen LogP contribution is -2.56. The van der Waals surface area contributed by atoms with Gasteiger partial charge in [0.1, 0.15) is 12.1 Å². The number of fused-ring (bicyclic) bond motifs is 1. The first kappa shape index (κ1) is 21.2. The van der Waals surface area contributed by atoms with Crippen LogP contribution in [0.15, 0.2) is 24.3 Å². The van der Waals surface area contributed by atoms with Gasteiger partial charge in [0.15, 0.2) is 0 Å². The quantitative estimate of drug-likeness (QED) is 0.613. The molecule has 27 heavy (non-hydrogen) atoms. The molecule has 0 saturated heterocycles. The van der Waals surface area contributed by atoms with Crippen molar-refractivity contribution in [3.05, 3.63) is 29.8 Å². The molecule has 0 aromatic heterocycles. The molecule has 7 nitrogen and oxygen atoms in total. The maximum Gasteiger partial charge on any atom is 0.326 e. The summed E-state index contributed by atoms with van der Waals surface area (Å²) < 4.78 is 0. The summed E-state index contributed by atoms with van der Waals surface area (Å²) in [6, 6.07) is 4.79. The van der Waals surface area contributed by atoms with Crippen LogP contribution in [-0.2, 0) is 20.8 Å². The first-order valence-corrected chi connectivity index (χ1v) is 10.4. The Morgan fingerprint density at radius 1 is 1.33 bits per heavy atom. The molecule has 2 amide bonds. The summed E-state index contributed by atoms with van der Waals surface area (Å²) in [5.74, 6) is -1.34. The van der Waals surface area contributed by atoms with Gasteiger partial charge in [-0.25, -0.2) is 4.79 Å². The Labute approximate surface area is 163 Å². The van der Waals surface area contributed by atoms with Crippen molar-refractivity contribution in [1.82, 2.24) is 5.32 Å². The number of carboxylic acids is 1. The van der Waals surface area contributed by atoms with Crippen LogP contribution in [0.3, 0.4) is 0 Å². The Hall–Kier alpha value is -2.06. The van der Waals surface area contributed by atoms with Gasteiger partial charge in [-0.3, -0.25) is 14.5 Å². The van der Waals surface area contributed by atoms with Gasteiger partial charge in [-0.1, -0.05) is 32.0 Å². The highest BCUT2D eigenvalue weighted by atomic mass is 32.2. The van der Waals surface area contributed by atoms with E-state index in [9.17, 15) is 19.5 Å². The molecule has 2 rings (SSSR count). The van der Waals surface area contributed by atoms with Crippen LogP contribution in [0, 0.1) is 5.92 Å². The molecule has 0 fully saturated rings. The predicted molar refractivity (Wildman–Crippen MR) is 107 cm³/mol. The smallest absolute Gasteiger partial charge is 0.326 e. The van der Waals surface area contributed by atoms with E-state index in [0.717, 1.165) is 5.56 Å². The number of rotatable bonds is 8. The van der Waals surface area contributed by atoms with E-state index in [-0.39, 0.29) is 11.8 Å². The van der Waals surface area contributed by atoms with Crippen molar-refractivity contribution in [3.8, 4) is 0 Å². The van der Waals surface area contributed by atoms with Crippen LogP contribution in [0.4, 0.5) is 5.69 Å². The highest BCUT2D eigenvalue weighted by Crippen LogP contribution is 2.33. The average molecular weight is 394 g/mol. The third-order valence-corrected chi connectivity index (χ3v) is 5.39. The van der Waals surface area contributed by atoms with Crippen molar-refractivity contribution >= 4 is 35.2 Å². The van der Waals surface area contributed by atoms with Crippen molar-refractivity contribution in [1.29, 1.82) is 0 Å². The lowest BCUT2D eigenvalue weighted by atomic mass is 10.0. The maximum absolute atomic E-state index is 13.0. The Morgan fingerprint density at radius 2 is 2.00 bits per heavy atom. The molecule has 1 unspecified atom stereocenters. The fraction of sp³-hybridized carbons (Fsp3) is 0.526. The van der Waals surface area contributed by atoms with Gasteiger partial charge in [0.05, 0.1) is 6.04 Å². The van der Waals surface area contributed by atoms with Gasteiger partial charge in [0.2, 0.25) is 11.8 Å². The topological polar surface area (TPSA) is 113 Å². The molecule has 1 aromatic carbocycles. The Morgan fingerprint density at radius 3 is 2.59 bits per heavy atom. The number of carbonyl (C=O) groups is 3. The van der Waals surface area contributed by atoms with Crippen LogP contribution >= 0.6 is 11.8 Å². The molecule has 4 N–H and O–H groups in total. The summed E-state index contributed by atoms with van der Waals surface area (Å²) in [4.78, 5) is 38.7. The first-order chi connectivity index (χ1) is 12.8. The van der Waals surface area contributed by atoms with Gasteiger partial charge in [-0.05, 0) is 36.0 Å². The van der Waals surface area contributed by atoms with Crippen LogP contribution < -0.4 is 16.0 Å². The van der Waals surface area contributed by atoms with Crippen LogP contribution in [0.25, 0.3) is 0 Å². The molecule has 3 atom stereocenters. The standard InChI is InChI=1S/C19H27N3O4S/c1-11(2)16(20)18(24)22-14-7-5-4-6-12(14)10-15(22)17(23)21-13(19(25)26)8-9-27-3/h4-7,11,13,15-16H,8-10,20H2,1-3H3,(H,21,23)(H,25,26)/t13-,15?,16+/m1/s1. The van der Waals surface area contributed by atoms with Crippen LogP contribution in [0.2, 0.25) is 0 Å². The van der Waals surface area contributed by atoms with Gasteiger partial charge in [0.25, 0.3) is 0 Å². The second kappa shape index (κ2) is 9.23. The van der Waals surface area contributed by atoms with E-state index in [2.05, 4.69) is 5.32 Å². The SMILES string of the molecule is CSCC[C@@H](NC(=O)C1Cc2ccccc2N1C(=O)[C@@H](N)C(C)C)C(=O)O. The third-order valence-electron chi connectivity index (χ3n) is 4.74. The maximum atomic E-state index is 13.0. The van der Waals surface area contributed by atoms with Gasteiger partial charge in [0, 0.05) is 12.1 Å². The third kappa shape index (κ3) is 4.81. The normalized spacial score (nSPS) is 18.1. The number of nitrogens with one attached hydrogen (secondary N) is 1. The number of para-hydroxylation sites is 1. The molecule has 0 spiro atoms. The molecule has 8 heteroatoms. The molecule has 148 valence electrons. The summed E-state index contributed by atoms with van der Waals surface area (Å²) in [6.45, 7) is 3.70. The molecule has 0 aliphatic carbocycles. The number of nitrogens with zero attached hydrogens (tertiary/aromatic N) is 1. The number of hydrogen-bond acceptors (Lipinski definition) is 5. The number of thioether (sulfide) groups is 1. The van der Waals surface area contributed by atoms with Gasteiger partial charge in [-0.2, -0.15) is 11.8 Å². The van der Waals surface area contributed by atoms with Crippen LogP contribution in [0.1, 0.15) is 25.8 Å². The Bertz CT molecular complexity index is 710. The fourth-order valence-electron chi connectivity index (χ4n) is 3.07. The molecule has 1 aromatic rings. The van der Waals surface area contributed by atoms with Gasteiger partial charge >= 0.3 is 5.97 Å². The van der Waals surface area contributed by atoms with Crippen molar-refractivity contribution in [2.24, 2.45) is 11.7 Å². The zero-order chi connectivity index (χ0) is 20.1. The predicted octanol–water partition coefficient (Wildman–Crippen LogP) is 1.25. The van der Waals surface area contributed by atoms with Crippen molar-refractivity contribution < 1.29 is 19.5 Å². The monoisotopic (exact) mass is 393 g/mol. The minimum atomic E-state index is -1.08. The fourth-order valence-corrected chi connectivity index (χ4v) is 3.55. The first-order valence-electron chi connectivity index (χ1n) is 8.96. The minimum Gasteiger partial charge on any atom is -0.480 e. The summed E-state index contributed by atoms with van der Waals surface area (Å²) in [6.07, 6.45) is 2.54. The minimum absolute atomic E-state index is 0.0812. The van der Waals surface area contributed by atoms with E-state index in [0.29, 0.717) is 24.3 Å². The zero-order valence-corrected chi connectivity index (χ0v) is 16.7. The summed E-state index contributed by atoms with van der Waals surface area (Å²) in [5.41, 5.74) is 7.59. The van der Waals surface area contributed by atoms with Crippen LogP contribution in [0.5, 0.6) is 0 Å². The number of amides is 2. The number of carboxylic acid groups (broad SMARTS) is 1. The highest BCUT2D eigenvalue weighted by molar-refractivity contribution is 7.98. The molecular weight excluding hydrogens is 366 g/mol. The summed E-state index contributed by atoms with van der Waals surface area (Å²) >= 11 is 1.51. The van der Waals surface area contributed by atoms with E-state index >= 15 is 0 Å². The molecule has 1 aliphatic heterocycles. The lowest BCUT2D eigenvalue weighted by molar-refractivity contribution is -0.142. The largest absolute Gasteiger partial charge is 0.480 e. The van der Waals surface area contributed by atoms with Crippen LogP contribution in [-0.4, -0.2) is 53.0 Å². The molecule has 0 saturated carbocycles. The summed E-state index contributed by atoms with van der Waals surface area (Å²) in [5, 5.41) is 12.0. The number of benzene rings is 1. The van der Waals surface area contributed by atoms with E-state index < -0.39 is 30.0 Å². The van der Waals surface area contributed by atoms with E-state index in [1.54, 1.807) is 12.1 Å². The number of hydrogen-bond donors (Lipinski definition) is 3. The average Bonchev–Trinajstić information content (AvgIpc) is 3.02. The number of nitrogens with two attached hydrogens (primary N) is 1. The Balaban J connectivity index is 2.27. The number of anilines is 1. The highest BCUT2D eigenvalue weighted by Gasteiger charge is 2.41. The van der Waals surface area contributed by atoms with E-state index in [4.69, 9.17) is 5.73 Å². The second-order valence-corrected chi connectivity index (χ2v) is 7.99. The van der Waals surface area contributed by atoms with E-state index in [1.165, 1.54) is 16.7 Å². The molecule has 1 heterocycles. The van der Waals surface area contributed by atoms with Crippen molar-refractivity contribution in [2.45, 2.75) is 44.8 Å².